The van der Waals surface area contributed by atoms with Crippen LogP contribution in [0.2, 0.25) is 5.02 Å². The molecule has 0 atom stereocenters. The number of hydrogen-bond acceptors (Lipinski definition) is 2. The lowest BCUT2D eigenvalue weighted by Crippen LogP contribution is -2.15. The molecule has 0 aliphatic heterocycles. The van der Waals surface area contributed by atoms with Crippen LogP contribution in [0, 0.1) is 6.92 Å². The Hall–Kier alpha value is -2.00. The molecule has 2 aromatic carbocycles. The number of hydrogen-bond donors (Lipinski definition) is 2. The van der Waals surface area contributed by atoms with Crippen molar-refractivity contribution in [1.82, 2.24) is 0 Å². The minimum atomic E-state index is -0.113. The summed E-state index contributed by atoms with van der Waals surface area (Å²) in [4.78, 5) is 11.9. The van der Waals surface area contributed by atoms with Crippen LogP contribution >= 0.6 is 11.6 Å². The number of para-hydroxylation sites is 1. The zero-order chi connectivity index (χ0) is 13.8. The van der Waals surface area contributed by atoms with Crippen molar-refractivity contribution < 1.29 is 4.79 Å². The largest absolute Gasteiger partial charge is 0.398 e. The number of halogens is 1. The Balaban J connectivity index is 2.05. The molecule has 3 nitrogen and oxygen atoms in total. The molecular weight excluding hydrogens is 260 g/mol. The maximum atomic E-state index is 11.9. The number of nitrogen functional groups attached to an aromatic ring is 1. The van der Waals surface area contributed by atoms with Crippen molar-refractivity contribution in [3.05, 3.63) is 58.6 Å². The van der Waals surface area contributed by atoms with Gasteiger partial charge in [-0.05, 0) is 36.2 Å². The van der Waals surface area contributed by atoms with E-state index in [0.717, 1.165) is 11.1 Å². The second-order valence-corrected chi connectivity index (χ2v) is 4.79. The summed E-state index contributed by atoms with van der Waals surface area (Å²) in [5.41, 5.74) is 8.92. The molecule has 3 N–H and O–H groups in total. The van der Waals surface area contributed by atoms with E-state index in [-0.39, 0.29) is 12.3 Å². The molecule has 0 fully saturated rings. The smallest absolute Gasteiger partial charge is 0.228 e. The molecular formula is C15H15ClN2O. The number of nitrogens with one attached hydrogen (secondary N) is 1. The van der Waals surface area contributed by atoms with Gasteiger partial charge in [-0.25, -0.2) is 0 Å². The zero-order valence-electron chi connectivity index (χ0n) is 10.6. The summed E-state index contributed by atoms with van der Waals surface area (Å²) in [6.07, 6.45) is 0.248. The first kappa shape index (κ1) is 13.4. The van der Waals surface area contributed by atoms with E-state index in [1.54, 1.807) is 12.1 Å². The number of carbonyl (C=O) groups is 1. The summed E-state index contributed by atoms with van der Waals surface area (Å²) in [5, 5.41) is 3.44. The molecule has 19 heavy (non-hydrogen) atoms. The first-order valence-electron chi connectivity index (χ1n) is 5.95. The molecule has 0 bridgehead atoms. The maximum Gasteiger partial charge on any atom is 0.228 e. The normalized spacial score (nSPS) is 10.2. The number of anilines is 2. The predicted molar refractivity (Wildman–Crippen MR) is 79.4 cm³/mol. The zero-order valence-corrected chi connectivity index (χ0v) is 11.4. The predicted octanol–water partition coefficient (Wildman–Crippen LogP) is 3.41. The SMILES string of the molecule is Cc1ccc(NC(=O)Cc2ccccc2N)cc1Cl. The molecule has 98 valence electrons. The van der Waals surface area contributed by atoms with Crippen molar-refractivity contribution in [1.29, 1.82) is 0 Å². The number of nitrogens with two attached hydrogens (primary N) is 1. The highest BCUT2D eigenvalue weighted by Crippen LogP contribution is 2.20. The van der Waals surface area contributed by atoms with Gasteiger partial charge in [0, 0.05) is 16.4 Å². The highest BCUT2D eigenvalue weighted by Gasteiger charge is 2.07. The van der Waals surface area contributed by atoms with E-state index in [2.05, 4.69) is 5.32 Å². The van der Waals surface area contributed by atoms with E-state index in [1.807, 2.05) is 37.3 Å². The number of benzene rings is 2. The van der Waals surface area contributed by atoms with Crippen LogP contribution in [0.3, 0.4) is 0 Å². The standard InChI is InChI=1S/C15H15ClN2O/c1-10-6-7-12(9-13(10)16)18-15(19)8-11-4-2-3-5-14(11)17/h2-7,9H,8,17H2,1H3,(H,18,19). The first-order chi connectivity index (χ1) is 9.06. The summed E-state index contributed by atoms with van der Waals surface area (Å²) in [5.74, 6) is -0.113. The fourth-order valence-electron chi connectivity index (χ4n) is 1.74. The number of carbonyl (C=O) groups excluding carboxylic acids is 1. The molecule has 1 amide bonds. The molecule has 0 saturated heterocycles. The quantitative estimate of drug-likeness (QED) is 0.843. The van der Waals surface area contributed by atoms with Gasteiger partial charge in [-0.15, -0.1) is 0 Å². The average Bonchev–Trinajstić information content (AvgIpc) is 2.37. The van der Waals surface area contributed by atoms with Crippen molar-refractivity contribution in [2.24, 2.45) is 0 Å². The molecule has 2 rings (SSSR count). The first-order valence-corrected chi connectivity index (χ1v) is 6.33. The summed E-state index contributed by atoms with van der Waals surface area (Å²) < 4.78 is 0. The average molecular weight is 275 g/mol. The molecule has 4 heteroatoms. The topological polar surface area (TPSA) is 55.1 Å². The molecule has 0 aliphatic rings. The fourth-order valence-corrected chi connectivity index (χ4v) is 1.92. The van der Waals surface area contributed by atoms with E-state index in [1.165, 1.54) is 0 Å². The van der Waals surface area contributed by atoms with Gasteiger partial charge in [-0.3, -0.25) is 4.79 Å². The third kappa shape index (κ3) is 3.48. The Morgan fingerprint density at radius 3 is 2.68 bits per heavy atom. The lowest BCUT2D eigenvalue weighted by molar-refractivity contribution is -0.115. The van der Waals surface area contributed by atoms with Gasteiger partial charge in [-0.2, -0.15) is 0 Å². The molecule has 0 unspecified atom stereocenters. The van der Waals surface area contributed by atoms with E-state index in [9.17, 15) is 4.79 Å². The molecule has 2 aromatic rings. The second kappa shape index (κ2) is 5.76. The van der Waals surface area contributed by atoms with E-state index < -0.39 is 0 Å². The Labute approximate surface area is 117 Å². The van der Waals surface area contributed by atoms with Crippen molar-refractivity contribution in [3.8, 4) is 0 Å². The lowest BCUT2D eigenvalue weighted by atomic mass is 10.1. The third-order valence-electron chi connectivity index (χ3n) is 2.86. The highest BCUT2D eigenvalue weighted by atomic mass is 35.5. The van der Waals surface area contributed by atoms with Crippen LogP contribution in [0.1, 0.15) is 11.1 Å². The van der Waals surface area contributed by atoms with Gasteiger partial charge in [0.1, 0.15) is 0 Å². The van der Waals surface area contributed by atoms with Crippen LogP contribution in [-0.4, -0.2) is 5.91 Å². The highest BCUT2D eigenvalue weighted by molar-refractivity contribution is 6.31. The van der Waals surface area contributed by atoms with Crippen LogP contribution in [0.4, 0.5) is 11.4 Å². The summed E-state index contributed by atoms with van der Waals surface area (Å²) >= 11 is 6.01. The van der Waals surface area contributed by atoms with Crippen molar-refractivity contribution in [2.75, 3.05) is 11.1 Å². The van der Waals surface area contributed by atoms with Crippen LogP contribution < -0.4 is 11.1 Å². The van der Waals surface area contributed by atoms with Gasteiger partial charge >= 0.3 is 0 Å². The van der Waals surface area contributed by atoms with E-state index >= 15 is 0 Å². The van der Waals surface area contributed by atoms with Crippen LogP contribution in [-0.2, 0) is 11.2 Å². The fraction of sp³-hybridized carbons (Fsp3) is 0.133. The van der Waals surface area contributed by atoms with Crippen LogP contribution in [0.5, 0.6) is 0 Å². The van der Waals surface area contributed by atoms with Gasteiger partial charge in [-0.1, -0.05) is 35.9 Å². The molecule has 0 radical (unpaired) electrons. The van der Waals surface area contributed by atoms with Crippen molar-refractivity contribution in [2.45, 2.75) is 13.3 Å². The lowest BCUT2D eigenvalue weighted by Gasteiger charge is -2.08. The number of amides is 1. The molecule has 0 saturated carbocycles. The number of aryl methyl sites for hydroxylation is 1. The Bertz CT molecular complexity index is 611. The number of rotatable bonds is 3. The second-order valence-electron chi connectivity index (χ2n) is 4.39. The van der Waals surface area contributed by atoms with Gasteiger partial charge in [0.05, 0.1) is 6.42 Å². The molecule has 0 heterocycles. The molecule has 0 spiro atoms. The Morgan fingerprint density at radius 1 is 1.26 bits per heavy atom. The summed E-state index contributed by atoms with van der Waals surface area (Å²) in [7, 11) is 0. The van der Waals surface area contributed by atoms with Crippen LogP contribution in [0.15, 0.2) is 42.5 Å². The van der Waals surface area contributed by atoms with Gasteiger partial charge < -0.3 is 11.1 Å². The van der Waals surface area contributed by atoms with Gasteiger partial charge in [0.15, 0.2) is 0 Å². The molecule has 0 aliphatic carbocycles. The minimum absolute atomic E-state index is 0.113. The molecule has 0 aromatic heterocycles. The van der Waals surface area contributed by atoms with Crippen molar-refractivity contribution >= 4 is 28.9 Å². The monoisotopic (exact) mass is 274 g/mol. The van der Waals surface area contributed by atoms with E-state index in [0.29, 0.717) is 16.4 Å². The van der Waals surface area contributed by atoms with Gasteiger partial charge in [0.2, 0.25) is 5.91 Å². The Kier molecular flexibility index (Phi) is 4.07. The third-order valence-corrected chi connectivity index (χ3v) is 3.27. The van der Waals surface area contributed by atoms with E-state index in [4.69, 9.17) is 17.3 Å². The Morgan fingerprint density at radius 2 is 2.00 bits per heavy atom. The minimum Gasteiger partial charge on any atom is -0.398 e. The summed E-state index contributed by atoms with van der Waals surface area (Å²) in [6, 6.07) is 12.8. The maximum absolute atomic E-state index is 11.9. The summed E-state index contributed by atoms with van der Waals surface area (Å²) in [6.45, 7) is 1.92. The van der Waals surface area contributed by atoms with Gasteiger partial charge in [0.25, 0.3) is 0 Å². The van der Waals surface area contributed by atoms with Crippen LogP contribution in [0.25, 0.3) is 0 Å². The van der Waals surface area contributed by atoms with Crippen molar-refractivity contribution in [3.63, 3.8) is 0 Å².